The van der Waals surface area contributed by atoms with Crippen molar-refractivity contribution in [3.05, 3.63) is 29.8 Å². The highest BCUT2D eigenvalue weighted by Gasteiger charge is 2.26. The van der Waals surface area contributed by atoms with Gasteiger partial charge in [0.2, 0.25) is 10.0 Å². The minimum atomic E-state index is -3.33. The molecule has 27 heavy (non-hydrogen) atoms. The Morgan fingerprint density at radius 2 is 1.70 bits per heavy atom. The molecule has 1 aromatic rings. The molecule has 6 nitrogen and oxygen atoms in total. The van der Waals surface area contributed by atoms with Gasteiger partial charge in [-0.1, -0.05) is 31.4 Å². The van der Waals surface area contributed by atoms with Crippen molar-refractivity contribution >= 4 is 40.0 Å². The third-order valence-electron chi connectivity index (χ3n) is 5.26. The van der Waals surface area contributed by atoms with E-state index < -0.39 is 10.0 Å². The second-order valence-electron chi connectivity index (χ2n) is 7.16. The maximum Gasteiger partial charge on any atom is 0.243 e. The fourth-order valence-corrected chi connectivity index (χ4v) is 5.19. The van der Waals surface area contributed by atoms with Gasteiger partial charge in [0.25, 0.3) is 0 Å². The Hall–Kier alpha value is -0.870. The first-order chi connectivity index (χ1) is 12.6. The molecule has 0 atom stereocenters. The van der Waals surface area contributed by atoms with E-state index in [1.807, 2.05) is 12.1 Å². The van der Waals surface area contributed by atoms with E-state index in [4.69, 9.17) is 0 Å². The van der Waals surface area contributed by atoms with Crippen LogP contribution in [0, 0.1) is 0 Å². The minimum Gasteiger partial charge on any atom is -0.354 e. The van der Waals surface area contributed by atoms with Crippen LogP contribution in [0.3, 0.4) is 0 Å². The fourth-order valence-electron chi connectivity index (χ4n) is 3.68. The third kappa shape index (κ3) is 6.05. The Morgan fingerprint density at radius 3 is 2.30 bits per heavy atom. The zero-order chi connectivity index (χ0) is 18.4. The lowest BCUT2D eigenvalue weighted by atomic mass is 9.96. The van der Waals surface area contributed by atoms with Gasteiger partial charge in [-0.2, -0.15) is 4.31 Å². The molecule has 0 aromatic heterocycles. The van der Waals surface area contributed by atoms with Gasteiger partial charge in [0.1, 0.15) is 0 Å². The van der Waals surface area contributed by atoms with Crippen molar-refractivity contribution in [3.8, 4) is 0 Å². The monoisotopic (exact) mass is 506 g/mol. The molecule has 8 heteroatoms. The van der Waals surface area contributed by atoms with Gasteiger partial charge in [0.05, 0.1) is 4.90 Å². The third-order valence-corrected chi connectivity index (χ3v) is 7.17. The second kappa shape index (κ2) is 10.6. The zero-order valence-corrected chi connectivity index (χ0v) is 19.1. The van der Waals surface area contributed by atoms with E-state index in [1.165, 1.54) is 32.1 Å². The fraction of sp³-hybridized carbons (Fsp3) is 0.632. The van der Waals surface area contributed by atoms with E-state index in [0.717, 1.165) is 24.4 Å². The van der Waals surface area contributed by atoms with Crippen LogP contribution in [0.1, 0.15) is 50.5 Å². The lowest BCUT2D eigenvalue weighted by Crippen LogP contribution is -2.43. The summed E-state index contributed by atoms with van der Waals surface area (Å²) in [6.07, 6.45) is 8.19. The standard InChI is InChI=1S/C19H30N4O2S.HI/c1-20-19(22-17-7-3-2-4-8-17)21-15-16-9-11-18(12-10-16)26(24,25)23-13-5-6-14-23;/h9-12,17H,2-8,13-15H2,1H3,(H2,20,21,22);1H. The molecule has 0 bridgehead atoms. The number of benzene rings is 1. The van der Waals surface area contributed by atoms with E-state index in [-0.39, 0.29) is 24.0 Å². The smallest absolute Gasteiger partial charge is 0.243 e. The van der Waals surface area contributed by atoms with Gasteiger partial charge in [-0.15, -0.1) is 24.0 Å². The van der Waals surface area contributed by atoms with Gasteiger partial charge in [0, 0.05) is 32.7 Å². The van der Waals surface area contributed by atoms with Crippen molar-refractivity contribution in [2.45, 2.75) is 62.4 Å². The predicted molar refractivity (Wildman–Crippen MR) is 120 cm³/mol. The number of hydrogen-bond acceptors (Lipinski definition) is 3. The Bertz CT molecular complexity index is 710. The molecule has 1 saturated heterocycles. The molecule has 1 saturated carbocycles. The Morgan fingerprint density at radius 1 is 1.07 bits per heavy atom. The van der Waals surface area contributed by atoms with Crippen LogP contribution in [0.2, 0.25) is 0 Å². The minimum absolute atomic E-state index is 0. The Balaban J connectivity index is 0.00000261. The van der Waals surface area contributed by atoms with Gasteiger partial charge in [0.15, 0.2) is 5.96 Å². The molecule has 0 amide bonds. The van der Waals surface area contributed by atoms with E-state index in [9.17, 15) is 8.42 Å². The molecule has 1 aliphatic carbocycles. The zero-order valence-electron chi connectivity index (χ0n) is 16.0. The summed E-state index contributed by atoms with van der Waals surface area (Å²) in [4.78, 5) is 4.68. The molecule has 2 aliphatic rings. The molecule has 0 spiro atoms. The number of guanidine groups is 1. The SMILES string of the molecule is CN=C(NCc1ccc(S(=O)(=O)N2CCCC2)cc1)NC1CCCCC1.I. The summed E-state index contributed by atoms with van der Waals surface area (Å²) in [5.74, 6) is 0.811. The van der Waals surface area contributed by atoms with Crippen molar-refractivity contribution in [1.29, 1.82) is 0 Å². The molecular formula is C19H31IN4O2S. The summed E-state index contributed by atoms with van der Waals surface area (Å²) in [5, 5.41) is 6.81. The number of rotatable bonds is 5. The first-order valence-corrected chi connectivity index (χ1v) is 11.1. The number of halogens is 1. The summed E-state index contributed by atoms with van der Waals surface area (Å²) < 4.78 is 26.7. The van der Waals surface area contributed by atoms with Crippen molar-refractivity contribution < 1.29 is 8.42 Å². The number of nitrogens with one attached hydrogen (secondary N) is 2. The summed E-state index contributed by atoms with van der Waals surface area (Å²) in [7, 11) is -1.55. The number of sulfonamides is 1. The normalized spacial score (nSPS) is 19.5. The van der Waals surface area contributed by atoms with E-state index in [1.54, 1.807) is 23.5 Å². The quantitative estimate of drug-likeness (QED) is 0.366. The molecule has 2 N–H and O–H groups in total. The summed E-state index contributed by atoms with van der Waals surface area (Å²) >= 11 is 0. The number of nitrogens with zero attached hydrogens (tertiary/aromatic N) is 2. The number of aliphatic imine (C=N–C) groups is 1. The average molecular weight is 506 g/mol. The van der Waals surface area contributed by atoms with Crippen LogP contribution in [0.25, 0.3) is 0 Å². The molecule has 0 radical (unpaired) electrons. The predicted octanol–water partition coefficient (Wildman–Crippen LogP) is 3.09. The van der Waals surface area contributed by atoms with Gasteiger partial charge < -0.3 is 10.6 Å². The van der Waals surface area contributed by atoms with Gasteiger partial charge in [-0.05, 0) is 43.4 Å². The van der Waals surface area contributed by atoms with Crippen LogP contribution in [0.15, 0.2) is 34.2 Å². The summed E-state index contributed by atoms with van der Waals surface area (Å²) in [5.41, 5.74) is 1.04. The number of hydrogen-bond donors (Lipinski definition) is 2. The highest BCUT2D eigenvalue weighted by atomic mass is 127. The van der Waals surface area contributed by atoms with E-state index in [0.29, 0.717) is 30.6 Å². The molecule has 1 aliphatic heterocycles. The van der Waals surface area contributed by atoms with Crippen molar-refractivity contribution in [1.82, 2.24) is 14.9 Å². The topological polar surface area (TPSA) is 73.8 Å². The van der Waals surface area contributed by atoms with Crippen LogP contribution < -0.4 is 10.6 Å². The van der Waals surface area contributed by atoms with Crippen molar-refractivity contribution in [2.24, 2.45) is 4.99 Å². The summed E-state index contributed by atoms with van der Waals surface area (Å²) in [6.45, 7) is 1.89. The van der Waals surface area contributed by atoms with E-state index >= 15 is 0 Å². The molecule has 2 fully saturated rings. The largest absolute Gasteiger partial charge is 0.354 e. The highest BCUT2D eigenvalue weighted by Crippen LogP contribution is 2.21. The van der Waals surface area contributed by atoms with Gasteiger partial charge in [-0.25, -0.2) is 8.42 Å². The molecular weight excluding hydrogens is 475 g/mol. The lowest BCUT2D eigenvalue weighted by molar-refractivity contribution is 0.410. The molecule has 152 valence electrons. The van der Waals surface area contributed by atoms with Crippen LogP contribution in [0.5, 0.6) is 0 Å². The maximum atomic E-state index is 12.6. The maximum absolute atomic E-state index is 12.6. The Kier molecular flexibility index (Phi) is 8.81. The van der Waals surface area contributed by atoms with Crippen LogP contribution in [0.4, 0.5) is 0 Å². The van der Waals surface area contributed by atoms with Gasteiger partial charge >= 0.3 is 0 Å². The van der Waals surface area contributed by atoms with Crippen molar-refractivity contribution in [3.63, 3.8) is 0 Å². The van der Waals surface area contributed by atoms with Crippen LogP contribution in [-0.2, 0) is 16.6 Å². The second-order valence-corrected chi connectivity index (χ2v) is 9.10. The molecule has 1 heterocycles. The molecule has 3 rings (SSSR count). The van der Waals surface area contributed by atoms with Crippen LogP contribution in [-0.4, -0.2) is 44.9 Å². The average Bonchev–Trinajstić information content (AvgIpc) is 3.22. The summed E-state index contributed by atoms with van der Waals surface area (Å²) in [6, 6.07) is 7.68. The van der Waals surface area contributed by atoms with Crippen LogP contribution >= 0.6 is 24.0 Å². The van der Waals surface area contributed by atoms with Gasteiger partial charge in [-0.3, -0.25) is 4.99 Å². The first-order valence-electron chi connectivity index (χ1n) is 9.66. The van der Waals surface area contributed by atoms with Crippen molar-refractivity contribution in [2.75, 3.05) is 20.1 Å². The highest BCUT2D eigenvalue weighted by molar-refractivity contribution is 14.0. The van der Waals surface area contributed by atoms with E-state index in [2.05, 4.69) is 15.6 Å². The Labute approximate surface area is 180 Å². The lowest BCUT2D eigenvalue weighted by Gasteiger charge is -2.25. The molecule has 1 aromatic carbocycles. The first kappa shape index (κ1) is 22.4. The molecule has 0 unspecified atom stereocenters.